The van der Waals surface area contributed by atoms with Gasteiger partial charge in [0.1, 0.15) is 18.1 Å². The first-order valence-corrected chi connectivity index (χ1v) is 9.75. The van der Waals surface area contributed by atoms with Gasteiger partial charge in [-0.2, -0.15) is 5.10 Å². The number of para-hydroxylation sites is 1. The normalized spacial score (nSPS) is 10.7. The molecule has 6 heteroatoms. The fourth-order valence-corrected chi connectivity index (χ4v) is 3.11. The number of rotatable bonds is 7. The van der Waals surface area contributed by atoms with E-state index in [4.69, 9.17) is 9.15 Å². The first-order chi connectivity index (χ1) is 14.6. The Bertz CT molecular complexity index is 1150. The Morgan fingerprint density at radius 2 is 1.80 bits per heavy atom. The van der Waals surface area contributed by atoms with Crippen molar-refractivity contribution in [3.05, 3.63) is 101 Å². The Hall–Kier alpha value is -3.80. The van der Waals surface area contributed by atoms with E-state index in [1.807, 2.05) is 79.2 Å². The summed E-state index contributed by atoms with van der Waals surface area (Å²) in [6.45, 7) is 4.83. The van der Waals surface area contributed by atoms with Gasteiger partial charge in [0.2, 0.25) is 0 Å². The maximum atomic E-state index is 12.5. The Balaban J connectivity index is 1.37. The third kappa shape index (κ3) is 4.60. The third-order valence-electron chi connectivity index (χ3n) is 4.75. The van der Waals surface area contributed by atoms with Crippen molar-refractivity contribution in [3.8, 4) is 5.75 Å². The van der Waals surface area contributed by atoms with Gasteiger partial charge in [-0.05, 0) is 43.2 Å². The average molecular weight is 401 g/mol. The van der Waals surface area contributed by atoms with Gasteiger partial charge in [-0.3, -0.25) is 9.48 Å². The number of aryl methyl sites for hydroxylation is 2. The maximum Gasteiger partial charge on any atom is 0.292 e. The Morgan fingerprint density at radius 3 is 2.60 bits per heavy atom. The summed E-state index contributed by atoms with van der Waals surface area (Å²) in [5.74, 6) is 1.73. The minimum absolute atomic E-state index is 0.216. The van der Waals surface area contributed by atoms with Gasteiger partial charge >= 0.3 is 0 Å². The van der Waals surface area contributed by atoms with Crippen LogP contribution in [0.2, 0.25) is 0 Å². The topological polar surface area (TPSA) is 69.3 Å². The fraction of sp³-hybridized carbons (Fsp3) is 0.167. The van der Waals surface area contributed by atoms with Crippen LogP contribution in [0.1, 0.15) is 33.1 Å². The zero-order chi connectivity index (χ0) is 20.9. The molecule has 0 aliphatic carbocycles. The van der Waals surface area contributed by atoms with E-state index in [2.05, 4.69) is 10.4 Å². The van der Waals surface area contributed by atoms with Crippen LogP contribution in [0.4, 0.5) is 5.82 Å². The number of amides is 1. The molecule has 2 aromatic heterocycles. The molecule has 2 heterocycles. The lowest BCUT2D eigenvalue weighted by Crippen LogP contribution is -2.12. The number of furan rings is 1. The molecule has 1 N–H and O–H groups in total. The van der Waals surface area contributed by atoms with E-state index in [9.17, 15) is 4.79 Å². The number of carbonyl (C=O) groups is 1. The van der Waals surface area contributed by atoms with Crippen molar-refractivity contribution in [2.45, 2.75) is 27.0 Å². The van der Waals surface area contributed by atoms with Gasteiger partial charge in [0, 0.05) is 11.8 Å². The Kier molecular flexibility index (Phi) is 5.66. The summed E-state index contributed by atoms with van der Waals surface area (Å²) in [4.78, 5) is 12.5. The standard InChI is InChI=1S/C24H23N3O3/c1-17-8-6-7-11-21(17)29-16-20-12-13-22(30-20)24(28)25-23-14-18(2)27(26-23)15-19-9-4-3-5-10-19/h3-14H,15-16H2,1-2H3,(H,25,26,28). The van der Waals surface area contributed by atoms with Crippen molar-refractivity contribution in [1.29, 1.82) is 0 Å². The molecule has 0 saturated heterocycles. The molecule has 2 aromatic carbocycles. The molecule has 0 unspecified atom stereocenters. The Morgan fingerprint density at radius 1 is 1.03 bits per heavy atom. The number of hydrogen-bond acceptors (Lipinski definition) is 4. The molecule has 30 heavy (non-hydrogen) atoms. The smallest absolute Gasteiger partial charge is 0.292 e. The summed E-state index contributed by atoms with van der Waals surface area (Å²) in [5.41, 5.74) is 3.15. The average Bonchev–Trinajstić information content (AvgIpc) is 3.35. The lowest BCUT2D eigenvalue weighted by atomic mass is 10.2. The largest absolute Gasteiger partial charge is 0.485 e. The van der Waals surface area contributed by atoms with Crippen molar-refractivity contribution < 1.29 is 13.9 Å². The van der Waals surface area contributed by atoms with Crippen molar-refractivity contribution in [2.24, 2.45) is 0 Å². The van der Waals surface area contributed by atoms with Crippen molar-refractivity contribution in [1.82, 2.24) is 9.78 Å². The minimum atomic E-state index is -0.346. The summed E-state index contributed by atoms with van der Waals surface area (Å²) in [6.07, 6.45) is 0. The van der Waals surface area contributed by atoms with Gasteiger partial charge in [0.15, 0.2) is 11.6 Å². The second-order valence-corrected chi connectivity index (χ2v) is 7.09. The van der Waals surface area contributed by atoms with Crippen LogP contribution in [0, 0.1) is 13.8 Å². The molecule has 0 aliphatic rings. The molecular formula is C24H23N3O3. The number of aromatic nitrogens is 2. The Labute approximate surface area is 175 Å². The SMILES string of the molecule is Cc1ccccc1OCc1ccc(C(=O)Nc2cc(C)n(Cc3ccccc3)n2)o1. The number of anilines is 1. The van der Waals surface area contributed by atoms with Crippen LogP contribution in [0.15, 0.2) is 77.2 Å². The third-order valence-corrected chi connectivity index (χ3v) is 4.75. The highest BCUT2D eigenvalue weighted by molar-refractivity contribution is 6.01. The van der Waals surface area contributed by atoms with Crippen LogP contribution in [0.25, 0.3) is 0 Å². The molecule has 0 aliphatic heterocycles. The number of carbonyl (C=O) groups excluding carboxylic acids is 1. The van der Waals surface area contributed by atoms with E-state index in [-0.39, 0.29) is 18.3 Å². The van der Waals surface area contributed by atoms with E-state index in [1.165, 1.54) is 0 Å². The summed E-state index contributed by atoms with van der Waals surface area (Å²) in [6, 6.07) is 23.0. The molecule has 6 nitrogen and oxygen atoms in total. The van der Waals surface area contributed by atoms with Crippen LogP contribution in [-0.2, 0) is 13.2 Å². The second kappa shape index (κ2) is 8.69. The fourth-order valence-electron chi connectivity index (χ4n) is 3.11. The van der Waals surface area contributed by atoms with Gasteiger partial charge < -0.3 is 14.5 Å². The van der Waals surface area contributed by atoms with E-state index >= 15 is 0 Å². The number of benzene rings is 2. The molecule has 4 aromatic rings. The predicted octanol–water partition coefficient (Wildman–Crippen LogP) is 4.97. The molecule has 0 atom stereocenters. The lowest BCUT2D eigenvalue weighted by Gasteiger charge is -2.06. The van der Waals surface area contributed by atoms with Gasteiger partial charge in [-0.1, -0.05) is 48.5 Å². The van der Waals surface area contributed by atoms with Crippen molar-refractivity contribution >= 4 is 11.7 Å². The molecule has 152 valence electrons. The van der Waals surface area contributed by atoms with Crippen molar-refractivity contribution in [3.63, 3.8) is 0 Å². The number of hydrogen-bond donors (Lipinski definition) is 1. The van der Waals surface area contributed by atoms with Crippen LogP contribution in [-0.4, -0.2) is 15.7 Å². The highest BCUT2D eigenvalue weighted by Gasteiger charge is 2.14. The highest BCUT2D eigenvalue weighted by atomic mass is 16.5. The molecule has 0 radical (unpaired) electrons. The van der Waals surface area contributed by atoms with Crippen LogP contribution in [0.3, 0.4) is 0 Å². The van der Waals surface area contributed by atoms with E-state index in [0.717, 1.165) is 22.6 Å². The highest BCUT2D eigenvalue weighted by Crippen LogP contribution is 2.19. The zero-order valence-electron chi connectivity index (χ0n) is 17.0. The lowest BCUT2D eigenvalue weighted by molar-refractivity contribution is 0.0992. The predicted molar refractivity (Wildman–Crippen MR) is 115 cm³/mol. The van der Waals surface area contributed by atoms with Crippen LogP contribution in [0.5, 0.6) is 5.75 Å². The van der Waals surface area contributed by atoms with Crippen molar-refractivity contribution in [2.75, 3.05) is 5.32 Å². The second-order valence-electron chi connectivity index (χ2n) is 7.09. The maximum absolute atomic E-state index is 12.5. The number of nitrogens with zero attached hydrogens (tertiary/aromatic N) is 2. The van der Waals surface area contributed by atoms with E-state index in [1.54, 1.807) is 12.1 Å². The van der Waals surface area contributed by atoms with Gasteiger partial charge in [0.25, 0.3) is 5.91 Å². The summed E-state index contributed by atoms with van der Waals surface area (Å²) in [5, 5.41) is 7.28. The van der Waals surface area contributed by atoms with E-state index in [0.29, 0.717) is 18.1 Å². The number of nitrogens with one attached hydrogen (secondary N) is 1. The van der Waals surface area contributed by atoms with Gasteiger partial charge in [0.05, 0.1) is 6.54 Å². The zero-order valence-corrected chi connectivity index (χ0v) is 17.0. The molecule has 4 rings (SSSR count). The molecule has 0 spiro atoms. The molecule has 1 amide bonds. The molecule has 0 saturated carbocycles. The quantitative estimate of drug-likeness (QED) is 0.475. The monoisotopic (exact) mass is 401 g/mol. The first kappa shape index (κ1) is 19.5. The van der Waals surface area contributed by atoms with Gasteiger partial charge in [-0.25, -0.2) is 0 Å². The summed E-state index contributed by atoms with van der Waals surface area (Å²) < 4.78 is 13.3. The minimum Gasteiger partial charge on any atom is -0.485 e. The molecule has 0 fully saturated rings. The van der Waals surface area contributed by atoms with Crippen LogP contribution < -0.4 is 10.1 Å². The summed E-state index contributed by atoms with van der Waals surface area (Å²) in [7, 11) is 0. The molecule has 0 bridgehead atoms. The van der Waals surface area contributed by atoms with Gasteiger partial charge in [-0.15, -0.1) is 0 Å². The first-order valence-electron chi connectivity index (χ1n) is 9.75. The molecular weight excluding hydrogens is 378 g/mol. The number of ether oxygens (including phenoxy) is 1. The van der Waals surface area contributed by atoms with E-state index < -0.39 is 0 Å². The van der Waals surface area contributed by atoms with Crippen LogP contribution >= 0.6 is 0 Å². The summed E-state index contributed by atoms with van der Waals surface area (Å²) >= 11 is 0.